The van der Waals surface area contributed by atoms with Gasteiger partial charge in [0.2, 0.25) is 0 Å². The Morgan fingerprint density at radius 3 is 2.14 bits per heavy atom. The van der Waals surface area contributed by atoms with Gasteiger partial charge in [-0.05, 0) is 142 Å². The molecular weight excluding hydrogens is 973 g/mol. The first-order valence-electron chi connectivity index (χ1n) is 22.4. The lowest BCUT2D eigenvalue weighted by Crippen LogP contribution is -2.42. The predicted octanol–water partition coefficient (Wildman–Crippen LogP) is 10.7. The van der Waals surface area contributed by atoms with Gasteiger partial charge >= 0.3 is 11.6 Å². The Kier molecular flexibility index (Phi) is 16.0. The van der Waals surface area contributed by atoms with Crippen LogP contribution >= 0.6 is 23.4 Å². The van der Waals surface area contributed by atoms with Crippen LogP contribution in [-0.4, -0.2) is 87.4 Å². The molecule has 12 nitrogen and oxygen atoms in total. The number of nitrogens with one attached hydrogen (secondary N) is 2. The minimum absolute atomic E-state index is 0.0322. The summed E-state index contributed by atoms with van der Waals surface area (Å²) in [6.45, 7) is 6.78. The molecule has 5 aromatic carbocycles. The number of hydrogen-bond acceptors (Lipinski definition) is 11. The van der Waals surface area contributed by atoms with Gasteiger partial charge in [0.1, 0.15) is 10.5 Å². The Labute approximate surface area is 410 Å². The normalized spacial score (nSPS) is 17.0. The lowest BCUT2D eigenvalue weighted by molar-refractivity contribution is -0.0436. The van der Waals surface area contributed by atoms with E-state index in [1.807, 2.05) is 71.5 Å². The zero-order chi connectivity index (χ0) is 49.7. The molecule has 2 fully saturated rings. The number of anilines is 2. The van der Waals surface area contributed by atoms with Crippen LogP contribution in [0.5, 0.6) is 0 Å². The summed E-state index contributed by atoms with van der Waals surface area (Å²) in [5.74, 6) is -0.893. The van der Waals surface area contributed by atoms with Gasteiger partial charge in [-0.2, -0.15) is 13.2 Å². The van der Waals surface area contributed by atoms with Crippen molar-refractivity contribution in [2.75, 3.05) is 35.6 Å². The van der Waals surface area contributed by atoms with Crippen molar-refractivity contribution in [2.45, 2.75) is 96.9 Å². The van der Waals surface area contributed by atoms with E-state index in [2.05, 4.69) is 10.2 Å². The van der Waals surface area contributed by atoms with E-state index in [0.717, 1.165) is 39.4 Å². The molecule has 2 aliphatic heterocycles. The highest BCUT2D eigenvalue weighted by atomic mass is 35.5. The maximum atomic E-state index is 14.3. The molecule has 2 aliphatic rings. The van der Waals surface area contributed by atoms with Crippen LogP contribution in [0.2, 0.25) is 5.02 Å². The Bertz CT molecular complexity index is 2830. The number of alkyl halides is 3. The summed E-state index contributed by atoms with van der Waals surface area (Å²) < 4.78 is 104. The molecule has 7 rings (SSSR count). The summed E-state index contributed by atoms with van der Waals surface area (Å²) in [5, 5.41) is 15.1. The average Bonchev–Trinajstić information content (AvgIpc) is 3.78. The molecule has 2 saturated heterocycles. The van der Waals surface area contributed by atoms with Crippen LogP contribution in [0, 0.1) is 5.92 Å². The number of sulfonamides is 1. The van der Waals surface area contributed by atoms with E-state index >= 15 is 0 Å². The predicted molar refractivity (Wildman–Crippen MR) is 263 cm³/mol. The number of likely N-dealkylation sites (tertiary alicyclic amines) is 1. The van der Waals surface area contributed by atoms with Gasteiger partial charge in [-0.15, -0.1) is 11.8 Å². The number of hydrogen-bond donors (Lipinski definition) is 3. The molecule has 3 N–H and O–H groups in total. The molecule has 0 aromatic heterocycles. The van der Waals surface area contributed by atoms with E-state index in [1.165, 1.54) is 23.9 Å². The Morgan fingerprint density at radius 2 is 1.49 bits per heavy atom. The van der Waals surface area contributed by atoms with E-state index in [-0.39, 0.29) is 23.7 Å². The monoisotopic (exact) mass is 1030 g/mol. The number of halogens is 4. The van der Waals surface area contributed by atoms with Crippen molar-refractivity contribution in [3.05, 3.63) is 137 Å². The second kappa shape index (κ2) is 21.4. The quantitative estimate of drug-likeness (QED) is 0.0856. The highest BCUT2D eigenvalue weighted by Crippen LogP contribution is 2.39. The Balaban J connectivity index is 1.05. The molecule has 0 bridgehead atoms. The summed E-state index contributed by atoms with van der Waals surface area (Å²) >= 11 is 7.47. The van der Waals surface area contributed by atoms with E-state index in [4.69, 9.17) is 16.3 Å². The van der Waals surface area contributed by atoms with E-state index in [1.54, 1.807) is 49.9 Å². The molecule has 0 spiro atoms. The van der Waals surface area contributed by atoms with Crippen LogP contribution in [0.3, 0.4) is 0 Å². The molecule has 2 unspecified atom stereocenters. The third kappa shape index (κ3) is 12.7. The number of carbonyl (C=O) groups excluding carboxylic acids is 2. The third-order valence-corrected chi connectivity index (χ3v) is 16.4. The fourth-order valence-corrected chi connectivity index (χ4v) is 11.8. The Hall–Kier alpha value is -5.27. The largest absolute Gasteiger partial charge is 0.501 e. The van der Waals surface area contributed by atoms with E-state index in [0.29, 0.717) is 56.4 Å². The summed E-state index contributed by atoms with van der Waals surface area (Å²) in [6.07, 6.45) is 1.47. The maximum Gasteiger partial charge on any atom is 0.501 e. The minimum Gasteiger partial charge on any atom is -0.444 e. The zero-order valence-electron chi connectivity index (χ0n) is 38.2. The number of nitrogens with zero attached hydrogens (tertiary/aromatic N) is 2. The molecule has 19 heteroatoms. The fraction of sp³-hybridized carbons (Fsp3) is 0.360. The van der Waals surface area contributed by atoms with Crippen molar-refractivity contribution >= 4 is 66.6 Å². The third-order valence-electron chi connectivity index (χ3n) is 12.1. The minimum atomic E-state index is -6.16. The summed E-state index contributed by atoms with van der Waals surface area (Å²) in [4.78, 5) is 28.8. The van der Waals surface area contributed by atoms with Crippen molar-refractivity contribution in [2.24, 2.45) is 5.92 Å². The van der Waals surface area contributed by atoms with Crippen LogP contribution in [0.25, 0.3) is 11.1 Å². The number of benzene rings is 5. The lowest BCUT2D eigenvalue weighted by atomic mass is 9.84. The van der Waals surface area contributed by atoms with Crippen molar-refractivity contribution in [3.8, 4) is 11.1 Å². The van der Waals surface area contributed by atoms with Gasteiger partial charge in [-0.3, -0.25) is 4.79 Å². The number of amides is 2. The van der Waals surface area contributed by atoms with Crippen molar-refractivity contribution in [3.63, 3.8) is 0 Å². The van der Waals surface area contributed by atoms with Crippen molar-refractivity contribution in [1.29, 1.82) is 0 Å². The molecule has 2 amide bonds. The second-order valence-corrected chi connectivity index (χ2v) is 23.2. The van der Waals surface area contributed by atoms with Crippen molar-refractivity contribution < 1.29 is 49.4 Å². The SMILES string of the molecule is CC(C)(C)OC(=O)N1CCC[C@H]1CC(CSc1ccccc1)Nc1ccc(S(=O)(=O)NC(=O)c2ccc(N3CCC(C(O)c4ccccc4-c4ccc(Cl)cc4)CC3)cc2)cc1S(=O)(=O)C(F)(F)F. The number of rotatable bonds is 15. The van der Waals surface area contributed by atoms with Crippen LogP contribution in [0.15, 0.2) is 136 Å². The molecule has 368 valence electrons. The molecule has 0 saturated carbocycles. The molecule has 5 aromatic rings. The number of aliphatic hydroxyl groups is 1. The number of sulfone groups is 1. The number of carbonyl (C=O) groups is 2. The first kappa shape index (κ1) is 51.6. The van der Waals surface area contributed by atoms with Gasteiger partial charge in [-0.1, -0.05) is 66.2 Å². The standard InChI is InChI=1S/C50H54ClF3N4O8S3/c1-49(2,3)66-48(61)58-27-9-10-39(58)30-37(32-67-40-11-5-4-6-12-40)55-44-24-23-41(31-45(44)68(62,63)50(52,53)54)69(64,65)56-47(60)35-17-21-38(22-18-35)57-28-25-34(26-29-57)46(59)43-14-8-7-13-42(43)33-15-19-36(51)20-16-33/h4-8,11-24,31,34,37,39,46,55,59H,9-10,25-30,32H2,1-3H3,(H,56,60)/t37?,39-,46?/m0/s1. The highest BCUT2D eigenvalue weighted by molar-refractivity contribution is 7.99. The highest BCUT2D eigenvalue weighted by Gasteiger charge is 2.49. The molecular formula is C50H54ClF3N4O8S3. The molecule has 0 aliphatic carbocycles. The number of aliphatic hydroxyl groups excluding tert-OH is 1. The second-order valence-electron chi connectivity index (χ2n) is 18.1. The zero-order valence-corrected chi connectivity index (χ0v) is 41.4. The van der Waals surface area contributed by atoms with Gasteiger partial charge < -0.3 is 25.0 Å². The van der Waals surface area contributed by atoms with Crippen LogP contribution < -0.4 is 14.9 Å². The summed E-state index contributed by atoms with van der Waals surface area (Å²) in [5.41, 5.74) is -3.74. The molecule has 69 heavy (non-hydrogen) atoms. The van der Waals surface area contributed by atoms with Gasteiger partial charge in [0.25, 0.3) is 25.8 Å². The summed E-state index contributed by atoms with van der Waals surface area (Å²) in [7, 11) is -11.1. The van der Waals surface area contributed by atoms with Gasteiger partial charge in [-0.25, -0.2) is 26.4 Å². The average molecular weight is 1030 g/mol. The van der Waals surface area contributed by atoms with Gasteiger partial charge in [0.05, 0.1) is 16.7 Å². The number of thioether (sulfide) groups is 1. The fourth-order valence-electron chi connectivity index (χ4n) is 8.65. The Morgan fingerprint density at radius 1 is 0.841 bits per heavy atom. The van der Waals surface area contributed by atoms with Crippen LogP contribution in [0.1, 0.15) is 74.9 Å². The molecule has 3 atom stereocenters. The molecule has 2 heterocycles. The first-order chi connectivity index (χ1) is 32.6. The van der Waals surface area contributed by atoms with Crippen LogP contribution in [-0.2, 0) is 24.6 Å². The topological polar surface area (TPSA) is 162 Å². The number of ether oxygens (including phenoxy) is 1. The van der Waals surface area contributed by atoms with Crippen molar-refractivity contribution in [1.82, 2.24) is 9.62 Å². The maximum absolute atomic E-state index is 14.3. The lowest BCUT2D eigenvalue weighted by Gasteiger charge is -2.36. The number of piperidine rings is 1. The van der Waals surface area contributed by atoms with E-state index in [9.17, 15) is 44.7 Å². The first-order valence-corrected chi connectivity index (χ1v) is 26.8. The van der Waals surface area contributed by atoms with E-state index < -0.39 is 76.6 Å². The van der Waals surface area contributed by atoms with Crippen LogP contribution in [0.4, 0.5) is 29.3 Å². The smallest absolute Gasteiger partial charge is 0.444 e. The van der Waals surface area contributed by atoms with Gasteiger partial charge in [0, 0.05) is 58.6 Å². The summed E-state index contributed by atoms with van der Waals surface area (Å²) in [6, 6.07) is 31.5. The van der Waals surface area contributed by atoms with Gasteiger partial charge in [0.15, 0.2) is 0 Å². The molecule has 0 radical (unpaired) electrons.